The maximum Gasteiger partial charge on any atom is 0.230 e. The number of carbonyl (C=O) groups is 2. The van der Waals surface area contributed by atoms with Crippen molar-refractivity contribution >= 4 is 34.0 Å². The third-order valence-electron chi connectivity index (χ3n) is 3.23. The molecule has 1 aromatic carbocycles. The quantitative estimate of drug-likeness (QED) is 0.814. The number of nitrogens with one attached hydrogen (secondary N) is 2. The van der Waals surface area contributed by atoms with Crippen LogP contribution in [0.15, 0.2) is 29.6 Å². The number of carbonyl (C=O) groups excluding carboxylic acids is 2. The van der Waals surface area contributed by atoms with Gasteiger partial charge in [0.25, 0.3) is 0 Å². The van der Waals surface area contributed by atoms with Crippen LogP contribution in [0, 0.1) is 0 Å². The summed E-state index contributed by atoms with van der Waals surface area (Å²) in [5.74, 6) is -0.288. The van der Waals surface area contributed by atoms with E-state index in [4.69, 9.17) is 0 Å². The van der Waals surface area contributed by atoms with Crippen LogP contribution in [-0.4, -0.2) is 16.8 Å². The first-order valence-electron chi connectivity index (χ1n) is 7.67. The fourth-order valence-corrected chi connectivity index (χ4v) is 2.86. The molecule has 0 spiro atoms. The number of benzene rings is 1. The zero-order valence-corrected chi connectivity index (χ0v) is 14.2. The molecule has 0 atom stereocenters. The van der Waals surface area contributed by atoms with E-state index in [0.29, 0.717) is 10.8 Å². The zero-order chi connectivity index (χ0) is 16.7. The average Bonchev–Trinajstić information content (AvgIpc) is 2.92. The van der Waals surface area contributed by atoms with Crippen molar-refractivity contribution in [3.63, 3.8) is 0 Å². The molecule has 2 N–H and O–H groups in total. The molecule has 0 fully saturated rings. The minimum Gasteiger partial charge on any atom is -0.326 e. The summed E-state index contributed by atoms with van der Waals surface area (Å²) in [6.45, 7) is 3.60. The van der Waals surface area contributed by atoms with Crippen molar-refractivity contribution < 1.29 is 9.59 Å². The number of hydrogen-bond acceptors (Lipinski definition) is 4. The molecule has 0 radical (unpaired) electrons. The summed E-state index contributed by atoms with van der Waals surface area (Å²) in [7, 11) is 0. The Labute approximate surface area is 140 Å². The monoisotopic (exact) mass is 331 g/mol. The van der Waals surface area contributed by atoms with Gasteiger partial charge in [-0.2, -0.15) is 0 Å². The summed E-state index contributed by atoms with van der Waals surface area (Å²) in [5.41, 5.74) is 2.72. The van der Waals surface area contributed by atoms with Gasteiger partial charge in [-0.05, 0) is 30.5 Å². The van der Waals surface area contributed by atoms with Gasteiger partial charge in [0.05, 0.1) is 12.1 Å². The van der Waals surface area contributed by atoms with E-state index in [2.05, 4.69) is 22.5 Å². The average molecular weight is 331 g/mol. The number of aromatic nitrogens is 1. The van der Waals surface area contributed by atoms with E-state index in [0.717, 1.165) is 12.1 Å². The van der Waals surface area contributed by atoms with Gasteiger partial charge in [-0.1, -0.05) is 25.5 Å². The van der Waals surface area contributed by atoms with Crippen LogP contribution in [-0.2, 0) is 22.4 Å². The number of aryl methyl sites for hydroxylation is 1. The van der Waals surface area contributed by atoms with Crippen LogP contribution in [0.3, 0.4) is 0 Å². The first-order valence-corrected chi connectivity index (χ1v) is 8.55. The van der Waals surface area contributed by atoms with E-state index in [-0.39, 0.29) is 18.2 Å². The van der Waals surface area contributed by atoms with E-state index in [1.54, 1.807) is 5.38 Å². The lowest BCUT2D eigenvalue weighted by Crippen LogP contribution is -2.14. The Hall–Kier alpha value is -2.21. The van der Waals surface area contributed by atoms with Gasteiger partial charge in [0.15, 0.2) is 5.13 Å². The molecule has 23 heavy (non-hydrogen) atoms. The maximum absolute atomic E-state index is 12.0. The SMILES string of the molecule is CCCCc1ccc(NC(=O)Cc2csc(NC(C)=O)n2)cc1. The first kappa shape index (κ1) is 17.1. The van der Waals surface area contributed by atoms with Crippen LogP contribution < -0.4 is 10.6 Å². The first-order chi connectivity index (χ1) is 11.1. The van der Waals surface area contributed by atoms with E-state index in [1.807, 2.05) is 24.3 Å². The van der Waals surface area contributed by atoms with Gasteiger partial charge in [0.2, 0.25) is 11.8 Å². The lowest BCUT2D eigenvalue weighted by Gasteiger charge is -2.05. The van der Waals surface area contributed by atoms with Gasteiger partial charge in [0, 0.05) is 18.0 Å². The smallest absolute Gasteiger partial charge is 0.230 e. The number of rotatable bonds is 7. The van der Waals surface area contributed by atoms with Gasteiger partial charge in [-0.15, -0.1) is 11.3 Å². The Morgan fingerprint density at radius 1 is 1.17 bits per heavy atom. The highest BCUT2D eigenvalue weighted by molar-refractivity contribution is 7.13. The molecular weight excluding hydrogens is 310 g/mol. The normalized spacial score (nSPS) is 10.3. The molecule has 0 aliphatic heterocycles. The van der Waals surface area contributed by atoms with E-state index >= 15 is 0 Å². The molecular formula is C17H21N3O2S. The number of thiazole rings is 1. The third kappa shape index (κ3) is 5.83. The molecule has 2 aromatic rings. The molecule has 0 aliphatic carbocycles. The third-order valence-corrected chi connectivity index (χ3v) is 4.04. The molecule has 0 saturated carbocycles. The summed E-state index contributed by atoms with van der Waals surface area (Å²) in [6.07, 6.45) is 3.60. The minimum atomic E-state index is -0.168. The van der Waals surface area contributed by atoms with Crippen molar-refractivity contribution in [1.82, 2.24) is 4.98 Å². The zero-order valence-electron chi connectivity index (χ0n) is 13.4. The van der Waals surface area contributed by atoms with Gasteiger partial charge in [0.1, 0.15) is 0 Å². The van der Waals surface area contributed by atoms with Gasteiger partial charge in [-0.25, -0.2) is 4.98 Å². The summed E-state index contributed by atoms with van der Waals surface area (Å²) in [4.78, 5) is 27.2. The molecule has 2 amide bonds. The highest BCUT2D eigenvalue weighted by Gasteiger charge is 2.09. The largest absolute Gasteiger partial charge is 0.326 e. The molecule has 122 valence electrons. The Balaban J connectivity index is 1.86. The standard InChI is InChI=1S/C17H21N3O2S/c1-3-4-5-13-6-8-14(9-7-13)19-16(22)10-15-11-23-17(20-15)18-12(2)21/h6-9,11H,3-5,10H2,1-2H3,(H,19,22)(H,18,20,21). The summed E-state index contributed by atoms with van der Waals surface area (Å²) in [6, 6.07) is 7.94. The van der Waals surface area contributed by atoms with Crippen LogP contribution in [0.4, 0.5) is 10.8 Å². The van der Waals surface area contributed by atoms with Crippen LogP contribution in [0.25, 0.3) is 0 Å². The maximum atomic E-state index is 12.0. The van der Waals surface area contributed by atoms with Gasteiger partial charge in [-0.3, -0.25) is 9.59 Å². The lowest BCUT2D eigenvalue weighted by atomic mass is 10.1. The van der Waals surface area contributed by atoms with E-state index in [9.17, 15) is 9.59 Å². The van der Waals surface area contributed by atoms with Crippen molar-refractivity contribution in [2.24, 2.45) is 0 Å². The molecule has 2 rings (SSSR count). The molecule has 0 saturated heterocycles. The number of nitrogens with zero attached hydrogens (tertiary/aromatic N) is 1. The Bertz CT molecular complexity index is 665. The Kier molecular flexibility index (Phi) is 6.29. The second kappa shape index (κ2) is 8.43. The topological polar surface area (TPSA) is 71.1 Å². The number of unbranched alkanes of at least 4 members (excludes halogenated alkanes) is 1. The Morgan fingerprint density at radius 2 is 1.91 bits per heavy atom. The number of amides is 2. The fraction of sp³-hybridized carbons (Fsp3) is 0.353. The van der Waals surface area contributed by atoms with Gasteiger partial charge >= 0.3 is 0 Å². The summed E-state index contributed by atoms with van der Waals surface area (Å²) in [5, 5.41) is 7.76. The highest BCUT2D eigenvalue weighted by atomic mass is 32.1. The van der Waals surface area contributed by atoms with Crippen molar-refractivity contribution in [3.05, 3.63) is 40.9 Å². The highest BCUT2D eigenvalue weighted by Crippen LogP contribution is 2.17. The van der Waals surface area contributed by atoms with Crippen molar-refractivity contribution in [1.29, 1.82) is 0 Å². The lowest BCUT2D eigenvalue weighted by molar-refractivity contribution is -0.116. The van der Waals surface area contributed by atoms with Crippen molar-refractivity contribution in [2.75, 3.05) is 10.6 Å². The molecule has 1 heterocycles. The van der Waals surface area contributed by atoms with Crippen LogP contribution >= 0.6 is 11.3 Å². The van der Waals surface area contributed by atoms with Crippen LogP contribution in [0.5, 0.6) is 0 Å². The molecule has 0 aliphatic rings. The van der Waals surface area contributed by atoms with Crippen LogP contribution in [0.2, 0.25) is 0 Å². The molecule has 5 nitrogen and oxygen atoms in total. The second-order valence-corrected chi connectivity index (χ2v) is 6.21. The predicted molar refractivity (Wildman–Crippen MR) is 93.8 cm³/mol. The second-order valence-electron chi connectivity index (χ2n) is 5.35. The summed E-state index contributed by atoms with van der Waals surface area (Å²) < 4.78 is 0. The van der Waals surface area contributed by atoms with Crippen molar-refractivity contribution in [2.45, 2.75) is 39.5 Å². The van der Waals surface area contributed by atoms with E-state index < -0.39 is 0 Å². The summed E-state index contributed by atoms with van der Waals surface area (Å²) >= 11 is 1.31. The van der Waals surface area contributed by atoms with Gasteiger partial charge < -0.3 is 10.6 Å². The van der Waals surface area contributed by atoms with E-state index in [1.165, 1.54) is 36.7 Å². The minimum absolute atomic E-state index is 0.119. The molecule has 0 bridgehead atoms. The predicted octanol–water partition coefficient (Wildman–Crippen LogP) is 3.63. The van der Waals surface area contributed by atoms with Crippen LogP contribution in [0.1, 0.15) is 37.9 Å². The number of anilines is 2. The molecule has 0 unspecified atom stereocenters. The fourth-order valence-electron chi connectivity index (χ4n) is 2.10. The molecule has 6 heteroatoms. The number of hydrogen-bond donors (Lipinski definition) is 2. The Morgan fingerprint density at radius 3 is 2.57 bits per heavy atom. The molecule has 1 aromatic heterocycles. The van der Waals surface area contributed by atoms with Crippen molar-refractivity contribution in [3.8, 4) is 0 Å².